The number of hydrogen-bond acceptors (Lipinski definition) is 1. The first-order valence-electron chi connectivity index (χ1n) is 8.73. The van der Waals surface area contributed by atoms with E-state index in [2.05, 4.69) is 136 Å². The lowest BCUT2D eigenvalue weighted by Gasteiger charge is -2.35. The number of hydrogen-bond donors (Lipinski definition) is 0. The van der Waals surface area contributed by atoms with Crippen LogP contribution in [0.3, 0.4) is 0 Å². The van der Waals surface area contributed by atoms with Crippen molar-refractivity contribution in [1.29, 1.82) is 0 Å². The predicted octanol–water partition coefficient (Wildman–Crippen LogP) is 8.47. The van der Waals surface area contributed by atoms with Gasteiger partial charge in [0, 0.05) is 24.5 Å². The van der Waals surface area contributed by atoms with Gasteiger partial charge in [-0.05, 0) is 81.9 Å². The lowest BCUT2D eigenvalue weighted by Crippen LogP contribution is -1.95. The molecule has 3 heteroatoms. The molecule has 0 fully saturated rings. The SMILES string of the molecule is IS(c1ccccc1)(c1ccccc1)c1ccc(Sc2ccccc2)cc1. The molecule has 0 bridgehead atoms. The van der Waals surface area contributed by atoms with E-state index in [9.17, 15) is 0 Å². The summed E-state index contributed by atoms with van der Waals surface area (Å²) in [5.41, 5.74) is 0. The topological polar surface area (TPSA) is 0 Å². The highest BCUT2D eigenvalue weighted by atomic mass is 127. The van der Waals surface area contributed by atoms with Gasteiger partial charge in [-0.25, -0.2) is 0 Å². The molecular formula is C24H19IS2. The lowest BCUT2D eigenvalue weighted by atomic mass is 10.3. The number of benzene rings is 4. The molecule has 0 N–H and O–H groups in total. The maximum Gasteiger partial charge on any atom is 0.0123 e. The normalized spacial score (nSPS) is 11.9. The molecule has 0 nitrogen and oxygen atoms in total. The van der Waals surface area contributed by atoms with Gasteiger partial charge in [0.25, 0.3) is 0 Å². The minimum atomic E-state index is -1.30. The molecule has 0 atom stereocenters. The summed E-state index contributed by atoms with van der Waals surface area (Å²) in [6.45, 7) is 0. The van der Waals surface area contributed by atoms with E-state index < -0.39 is 7.20 Å². The Hall–Kier alpha value is -1.69. The van der Waals surface area contributed by atoms with Gasteiger partial charge in [-0.1, -0.05) is 66.4 Å². The Morgan fingerprint density at radius 1 is 0.444 bits per heavy atom. The third-order valence-corrected chi connectivity index (χ3v) is 12.6. The van der Waals surface area contributed by atoms with Gasteiger partial charge in [0.15, 0.2) is 0 Å². The molecule has 0 unspecified atom stereocenters. The monoisotopic (exact) mass is 498 g/mol. The fraction of sp³-hybridized carbons (Fsp3) is 0. The molecule has 0 saturated heterocycles. The Bertz CT molecular complexity index is 945. The molecule has 134 valence electrons. The van der Waals surface area contributed by atoms with Crippen LogP contribution in [0.25, 0.3) is 0 Å². The Balaban J connectivity index is 1.73. The van der Waals surface area contributed by atoms with Crippen molar-refractivity contribution in [2.24, 2.45) is 0 Å². The van der Waals surface area contributed by atoms with Crippen molar-refractivity contribution < 1.29 is 0 Å². The summed E-state index contributed by atoms with van der Waals surface area (Å²) in [6, 6.07) is 41.4. The van der Waals surface area contributed by atoms with E-state index in [0.717, 1.165) is 0 Å². The first kappa shape index (κ1) is 18.7. The van der Waals surface area contributed by atoms with Gasteiger partial charge in [0.2, 0.25) is 0 Å². The van der Waals surface area contributed by atoms with Crippen LogP contribution in [0.2, 0.25) is 0 Å². The zero-order valence-electron chi connectivity index (χ0n) is 14.7. The van der Waals surface area contributed by atoms with Gasteiger partial charge < -0.3 is 0 Å². The average molecular weight is 498 g/mol. The summed E-state index contributed by atoms with van der Waals surface area (Å²) in [7, 11) is -1.30. The molecule has 0 radical (unpaired) electrons. The van der Waals surface area contributed by atoms with E-state index in [1.54, 1.807) is 11.8 Å². The van der Waals surface area contributed by atoms with Gasteiger partial charge in [-0.3, -0.25) is 0 Å². The summed E-state index contributed by atoms with van der Waals surface area (Å²) in [5.74, 6) is 0. The second-order valence-corrected chi connectivity index (χ2v) is 13.7. The van der Waals surface area contributed by atoms with Gasteiger partial charge in [0.1, 0.15) is 0 Å². The van der Waals surface area contributed by atoms with Crippen LogP contribution in [-0.4, -0.2) is 0 Å². The van der Waals surface area contributed by atoms with Crippen LogP contribution in [0.1, 0.15) is 0 Å². The van der Waals surface area contributed by atoms with E-state index in [1.807, 2.05) is 0 Å². The van der Waals surface area contributed by atoms with Crippen molar-refractivity contribution in [3.63, 3.8) is 0 Å². The summed E-state index contributed by atoms with van der Waals surface area (Å²) >= 11 is 4.49. The van der Waals surface area contributed by atoms with Crippen molar-refractivity contribution >= 4 is 40.2 Å². The Morgan fingerprint density at radius 2 is 0.815 bits per heavy atom. The third kappa shape index (κ3) is 4.10. The smallest absolute Gasteiger partial charge is 0.0123 e. The molecule has 0 heterocycles. The summed E-state index contributed by atoms with van der Waals surface area (Å²) < 4.78 is 0. The highest BCUT2D eigenvalue weighted by Gasteiger charge is 2.27. The Morgan fingerprint density at radius 3 is 1.30 bits per heavy atom. The van der Waals surface area contributed by atoms with E-state index in [-0.39, 0.29) is 0 Å². The standard InChI is InChI=1S/C24H19IS2/c25-27(22-12-6-2-7-13-22,23-14-8-3-9-15-23)24-18-16-21(17-19-24)26-20-10-4-1-5-11-20/h1-19H. The van der Waals surface area contributed by atoms with Crippen LogP contribution in [0.5, 0.6) is 0 Å². The van der Waals surface area contributed by atoms with E-state index >= 15 is 0 Å². The molecular weight excluding hydrogens is 479 g/mol. The van der Waals surface area contributed by atoms with Crippen LogP contribution in [0.15, 0.2) is 140 Å². The molecule has 4 aromatic carbocycles. The predicted molar refractivity (Wildman–Crippen MR) is 126 cm³/mol. The largest absolute Gasteiger partial charge is 0.105 e. The quantitative estimate of drug-likeness (QED) is 0.249. The van der Waals surface area contributed by atoms with E-state index in [0.29, 0.717) is 0 Å². The first-order chi connectivity index (χ1) is 13.3. The van der Waals surface area contributed by atoms with Crippen LogP contribution in [0, 0.1) is 0 Å². The maximum atomic E-state index is 2.68. The van der Waals surface area contributed by atoms with Crippen LogP contribution in [-0.2, 0) is 0 Å². The Labute approximate surface area is 178 Å². The lowest BCUT2D eigenvalue weighted by molar-refractivity contribution is 1.29. The third-order valence-electron chi connectivity index (χ3n) is 4.26. The van der Waals surface area contributed by atoms with Crippen LogP contribution < -0.4 is 0 Å². The fourth-order valence-corrected chi connectivity index (χ4v) is 8.82. The maximum absolute atomic E-state index is 2.68. The first-order valence-corrected chi connectivity index (χ1v) is 13.7. The second kappa shape index (κ2) is 8.55. The van der Waals surface area contributed by atoms with Crippen molar-refractivity contribution in [3.8, 4) is 0 Å². The molecule has 4 aromatic rings. The van der Waals surface area contributed by atoms with Crippen molar-refractivity contribution in [2.75, 3.05) is 0 Å². The molecule has 0 aliphatic rings. The average Bonchev–Trinajstić information content (AvgIpc) is 2.76. The van der Waals surface area contributed by atoms with E-state index in [1.165, 1.54) is 24.5 Å². The van der Waals surface area contributed by atoms with Crippen molar-refractivity contribution in [1.82, 2.24) is 0 Å². The molecule has 4 rings (SSSR count). The van der Waals surface area contributed by atoms with Gasteiger partial charge >= 0.3 is 0 Å². The second-order valence-electron chi connectivity index (χ2n) is 6.05. The summed E-state index contributed by atoms with van der Waals surface area (Å²) in [4.78, 5) is 6.66. The molecule has 0 aromatic heterocycles. The zero-order valence-corrected chi connectivity index (χ0v) is 18.5. The minimum Gasteiger partial charge on any atom is -0.105 e. The van der Waals surface area contributed by atoms with Crippen molar-refractivity contribution in [3.05, 3.63) is 115 Å². The molecule has 0 aliphatic carbocycles. The van der Waals surface area contributed by atoms with E-state index in [4.69, 9.17) is 0 Å². The summed E-state index contributed by atoms with van der Waals surface area (Å²) in [5, 5.41) is 0. The fourth-order valence-electron chi connectivity index (χ4n) is 2.94. The van der Waals surface area contributed by atoms with Crippen LogP contribution >= 0.6 is 40.2 Å². The van der Waals surface area contributed by atoms with Gasteiger partial charge in [0.05, 0.1) is 0 Å². The summed E-state index contributed by atoms with van der Waals surface area (Å²) in [6.07, 6.45) is 0. The number of halogens is 1. The van der Waals surface area contributed by atoms with Gasteiger partial charge in [-0.2, -0.15) is 0 Å². The van der Waals surface area contributed by atoms with Gasteiger partial charge in [-0.15, -0.1) is 7.20 Å². The highest BCUT2D eigenvalue weighted by Crippen LogP contribution is 2.74. The molecule has 0 saturated carbocycles. The molecule has 0 aliphatic heterocycles. The van der Waals surface area contributed by atoms with Crippen LogP contribution in [0.4, 0.5) is 0 Å². The minimum absolute atomic E-state index is 1.27. The molecule has 0 spiro atoms. The zero-order chi connectivity index (χ0) is 18.5. The van der Waals surface area contributed by atoms with Crippen molar-refractivity contribution in [2.45, 2.75) is 24.5 Å². The number of rotatable bonds is 5. The molecule has 0 amide bonds. The highest BCUT2D eigenvalue weighted by molar-refractivity contribution is 14.2. The molecule has 27 heavy (non-hydrogen) atoms. The Kier molecular flexibility index (Phi) is 5.91.